The highest BCUT2D eigenvalue weighted by Gasteiger charge is 2.36. The zero-order chi connectivity index (χ0) is 30.1. The summed E-state index contributed by atoms with van der Waals surface area (Å²) in [7, 11) is 0. The van der Waals surface area contributed by atoms with Gasteiger partial charge in [0.05, 0.1) is 43.9 Å². The minimum Gasteiger partial charge on any atom is -0.390 e. The molecule has 0 aromatic heterocycles. The molecule has 0 spiro atoms. The van der Waals surface area contributed by atoms with Crippen LogP contribution in [0.15, 0.2) is 0 Å². The Morgan fingerprint density at radius 2 is 1.61 bits per heavy atom. The molecule has 9 heteroatoms. The molecule has 5 atom stereocenters. The average Bonchev–Trinajstić information content (AvgIpc) is 3.58. The number of β-amino-alcohol motifs (C(OH)–C–C–N with tert-alkyl or cyclic N) is 1. The molecule has 9 nitrogen and oxygen atoms in total. The minimum atomic E-state index is -0.515. The monoisotopic (exact) mass is 618 g/mol. The molecule has 0 aromatic rings. The van der Waals surface area contributed by atoms with Gasteiger partial charge in [-0.25, -0.2) is 0 Å². The first-order valence-electron chi connectivity index (χ1n) is 18.6. The Bertz CT molecular complexity index is 852. The maximum atomic E-state index is 12.9. The van der Waals surface area contributed by atoms with Crippen molar-refractivity contribution in [1.82, 2.24) is 20.4 Å². The van der Waals surface area contributed by atoms with Gasteiger partial charge in [0, 0.05) is 51.7 Å². The predicted octanol–water partition coefficient (Wildman–Crippen LogP) is 3.54. The molecule has 3 aliphatic heterocycles. The number of hydrogen-bond donors (Lipinski definition) is 3. The predicted molar refractivity (Wildman–Crippen MR) is 171 cm³/mol. The Hall–Kier alpha value is -0.810. The van der Waals surface area contributed by atoms with E-state index in [0.717, 1.165) is 82.8 Å². The summed E-state index contributed by atoms with van der Waals surface area (Å²) in [4.78, 5) is 18.0. The van der Waals surface area contributed by atoms with Gasteiger partial charge < -0.3 is 34.4 Å². The maximum Gasteiger partial charge on any atom is 0.223 e. The third-order valence-electron chi connectivity index (χ3n) is 11.9. The number of amides is 1. The van der Waals surface area contributed by atoms with E-state index < -0.39 is 6.10 Å². The molecule has 3 saturated carbocycles. The van der Waals surface area contributed by atoms with Crippen molar-refractivity contribution >= 4 is 5.91 Å². The largest absolute Gasteiger partial charge is 0.390 e. The number of carbonyl (C=O) groups excluding carboxylic acids is 1. The van der Waals surface area contributed by atoms with Crippen LogP contribution in [0, 0.1) is 23.7 Å². The standard InChI is InChI=1S/C35H62N4O5/c40-30(23-39-15-12-28-18-33(11-8-29(28)22-39)42-24-34-20-36-25-43-34)19-37-35(41)27-6-9-31(10-7-27)44-32-13-16-38(17-14-32)21-26-4-2-1-3-5-26/h26-34,36,40H,1-25H2,(H,37,41)/t27?,28?,29?,30-,31?,33?,34?/m0/s1. The number of likely N-dealkylation sites (tertiary alicyclic amines) is 2. The molecule has 3 N–H and O–H groups in total. The Kier molecular flexibility index (Phi) is 12.7. The number of hydrogen-bond acceptors (Lipinski definition) is 8. The number of nitrogens with one attached hydrogen (secondary N) is 2. The second-order valence-electron chi connectivity index (χ2n) is 15.2. The molecular formula is C35H62N4O5. The summed E-state index contributed by atoms with van der Waals surface area (Å²) >= 11 is 0. The maximum absolute atomic E-state index is 12.9. The summed E-state index contributed by atoms with van der Waals surface area (Å²) in [5.41, 5.74) is 0. The number of piperidine rings is 2. The first-order chi connectivity index (χ1) is 21.6. The van der Waals surface area contributed by atoms with Gasteiger partial charge in [-0.15, -0.1) is 0 Å². The van der Waals surface area contributed by atoms with Crippen molar-refractivity contribution in [1.29, 1.82) is 0 Å². The fourth-order valence-electron chi connectivity index (χ4n) is 9.19. The van der Waals surface area contributed by atoms with Crippen molar-refractivity contribution in [3.8, 4) is 0 Å². The van der Waals surface area contributed by atoms with E-state index in [0.29, 0.717) is 50.7 Å². The van der Waals surface area contributed by atoms with E-state index in [1.165, 1.54) is 64.6 Å². The molecule has 0 aromatic carbocycles. The van der Waals surface area contributed by atoms with Gasteiger partial charge in [-0.2, -0.15) is 0 Å². The van der Waals surface area contributed by atoms with E-state index in [1.54, 1.807) is 0 Å². The van der Waals surface area contributed by atoms with Crippen LogP contribution in [0.5, 0.6) is 0 Å². The molecule has 6 aliphatic rings. The summed E-state index contributed by atoms with van der Waals surface area (Å²) < 4.78 is 18.4. The molecule has 1 amide bonds. The van der Waals surface area contributed by atoms with Crippen LogP contribution in [0.4, 0.5) is 0 Å². The van der Waals surface area contributed by atoms with Crippen LogP contribution in [0.25, 0.3) is 0 Å². The van der Waals surface area contributed by atoms with Crippen molar-refractivity contribution < 1.29 is 24.1 Å². The second-order valence-corrected chi connectivity index (χ2v) is 15.2. The van der Waals surface area contributed by atoms with Crippen LogP contribution < -0.4 is 10.6 Å². The number of rotatable bonds is 12. The number of fused-ring (bicyclic) bond motifs is 1. The van der Waals surface area contributed by atoms with E-state index >= 15 is 0 Å². The number of aliphatic hydroxyl groups excluding tert-OH is 1. The van der Waals surface area contributed by atoms with Gasteiger partial charge in [-0.1, -0.05) is 19.3 Å². The fourth-order valence-corrected chi connectivity index (χ4v) is 9.19. The first-order valence-corrected chi connectivity index (χ1v) is 18.6. The molecule has 3 heterocycles. The van der Waals surface area contributed by atoms with E-state index in [4.69, 9.17) is 14.2 Å². The van der Waals surface area contributed by atoms with Gasteiger partial charge in [0.2, 0.25) is 5.91 Å². The van der Waals surface area contributed by atoms with Gasteiger partial charge in [0.1, 0.15) is 0 Å². The number of carbonyl (C=O) groups is 1. The van der Waals surface area contributed by atoms with E-state index in [2.05, 4.69) is 20.4 Å². The Morgan fingerprint density at radius 3 is 2.39 bits per heavy atom. The number of ether oxygens (including phenoxy) is 3. The van der Waals surface area contributed by atoms with Crippen molar-refractivity contribution in [2.45, 2.75) is 127 Å². The van der Waals surface area contributed by atoms with Crippen molar-refractivity contribution in [2.24, 2.45) is 23.7 Å². The van der Waals surface area contributed by atoms with Gasteiger partial charge in [0.15, 0.2) is 0 Å². The topological polar surface area (TPSA) is 95.5 Å². The lowest BCUT2D eigenvalue weighted by molar-refractivity contribution is -0.128. The Morgan fingerprint density at radius 1 is 0.864 bits per heavy atom. The molecule has 6 fully saturated rings. The lowest BCUT2D eigenvalue weighted by Crippen LogP contribution is -2.48. The summed E-state index contributed by atoms with van der Waals surface area (Å²) in [6, 6.07) is 0. The molecular weight excluding hydrogens is 556 g/mol. The summed E-state index contributed by atoms with van der Waals surface area (Å²) in [5, 5.41) is 17.1. The van der Waals surface area contributed by atoms with Crippen molar-refractivity contribution in [3.05, 3.63) is 0 Å². The van der Waals surface area contributed by atoms with Gasteiger partial charge >= 0.3 is 0 Å². The summed E-state index contributed by atoms with van der Waals surface area (Å²) in [6.45, 7) is 8.99. The zero-order valence-electron chi connectivity index (χ0n) is 27.3. The van der Waals surface area contributed by atoms with Crippen LogP contribution in [0.3, 0.4) is 0 Å². The average molecular weight is 619 g/mol. The van der Waals surface area contributed by atoms with Crippen LogP contribution >= 0.6 is 0 Å². The lowest BCUT2D eigenvalue weighted by Gasteiger charge is -2.44. The van der Waals surface area contributed by atoms with Gasteiger partial charge in [0.25, 0.3) is 0 Å². The fraction of sp³-hybridized carbons (Fsp3) is 0.971. The molecule has 44 heavy (non-hydrogen) atoms. The normalized spacial score (nSPS) is 35.8. The highest BCUT2D eigenvalue weighted by atomic mass is 16.5. The van der Waals surface area contributed by atoms with E-state index in [9.17, 15) is 9.90 Å². The molecule has 252 valence electrons. The lowest BCUT2D eigenvalue weighted by atomic mass is 9.74. The quantitative estimate of drug-likeness (QED) is 0.306. The first kappa shape index (κ1) is 33.1. The third kappa shape index (κ3) is 9.85. The molecule has 4 unspecified atom stereocenters. The van der Waals surface area contributed by atoms with Crippen LogP contribution in [0.1, 0.15) is 96.3 Å². The highest BCUT2D eigenvalue weighted by Crippen LogP contribution is 2.37. The molecule has 0 radical (unpaired) electrons. The SMILES string of the molecule is O=C(NC[C@H](O)CN1CCC2CC(OCC3CNCO3)CCC2C1)C1CCC(OC2CCN(CC3CCCCC3)CC2)CC1. The van der Waals surface area contributed by atoms with Crippen molar-refractivity contribution in [2.75, 3.05) is 65.7 Å². The van der Waals surface area contributed by atoms with Gasteiger partial charge in [-0.05, 0) is 101 Å². The van der Waals surface area contributed by atoms with Gasteiger partial charge in [-0.3, -0.25) is 10.1 Å². The molecule has 3 aliphatic carbocycles. The van der Waals surface area contributed by atoms with Crippen LogP contribution in [-0.4, -0.2) is 117 Å². The van der Waals surface area contributed by atoms with E-state index in [1.807, 2.05) is 0 Å². The third-order valence-corrected chi connectivity index (χ3v) is 11.9. The molecule has 6 rings (SSSR count). The number of nitrogens with zero attached hydrogens (tertiary/aromatic N) is 2. The minimum absolute atomic E-state index is 0.0593. The van der Waals surface area contributed by atoms with Crippen molar-refractivity contribution in [3.63, 3.8) is 0 Å². The summed E-state index contributed by atoms with van der Waals surface area (Å²) in [6.07, 6.45) is 18.7. The highest BCUT2D eigenvalue weighted by molar-refractivity contribution is 5.78. The molecule has 3 saturated heterocycles. The number of aliphatic hydroxyl groups is 1. The Balaban J connectivity index is 0.806. The zero-order valence-corrected chi connectivity index (χ0v) is 27.3. The van der Waals surface area contributed by atoms with Crippen LogP contribution in [0.2, 0.25) is 0 Å². The Labute approximate surface area is 266 Å². The molecule has 0 bridgehead atoms. The van der Waals surface area contributed by atoms with E-state index in [-0.39, 0.29) is 17.9 Å². The summed E-state index contributed by atoms with van der Waals surface area (Å²) in [5.74, 6) is 2.52. The van der Waals surface area contributed by atoms with Crippen LogP contribution in [-0.2, 0) is 19.0 Å². The smallest absolute Gasteiger partial charge is 0.223 e. The second kappa shape index (κ2) is 16.8.